The van der Waals surface area contributed by atoms with Crippen LogP contribution in [-0.2, 0) is 0 Å². The van der Waals surface area contributed by atoms with Crippen LogP contribution in [0, 0.1) is 6.92 Å². The number of aryl methyl sites for hydroxylation is 1. The zero-order chi connectivity index (χ0) is 23.9. The molecule has 3 fully saturated rings. The van der Waals surface area contributed by atoms with Gasteiger partial charge in [-0.25, -0.2) is 14.8 Å². The van der Waals surface area contributed by atoms with Gasteiger partial charge in [-0.15, -0.1) is 0 Å². The van der Waals surface area contributed by atoms with Crippen LogP contribution in [0.2, 0.25) is 5.02 Å². The van der Waals surface area contributed by atoms with Crippen LogP contribution in [0.25, 0.3) is 11.1 Å². The van der Waals surface area contributed by atoms with E-state index in [1.165, 1.54) is 0 Å². The Morgan fingerprint density at radius 2 is 1.91 bits per heavy atom. The number of aromatic nitrogens is 4. The number of piperidine rings is 1. The lowest BCUT2D eigenvalue weighted by Gasteiger charge is -2.32. The lowest BCUT2D eigenvalue weighted by atomic mass is 10.1. The number of fused-ring (bicyclic) bond motifs is 5. The molecule has 35 heavy (non-hydrogen) atoms. The molecule has 0 amide bonds. The normalized spacial score (nSPS) is 19.7. The number of hydrogen-bond acceptors (Lipinski definition) is 9. The molecule has 0 aliphatic carbocycles. The number of hydrogen-bond donors (Lipinski definition) is 3. The quantitative estimate of drug-likeness (QED) is 0.379. The Bertz CT molecular complexity index is 1440. The molecule has 3 N–H and O–H groups in total. The Morgan fingerprint density at radius 3 is 2.74 bits per heavy atom. The predicted molar refractivity (Wildman–Crippen MR) is 136 cm³/mol. The highest BCUT2D eigenvalue weighted by Crippen LogP contribution is 2.32. The van der Waals surface area contributed by atoms with E-state index in [9.17, 15) is 4.79 Å². The largest absolute Gasteiger partial charge is 0.417 e. The minimum absolute atomic E-state index is 0.419. The molecule has 1 aromatic carbocycles. The van der Waals surface area contributed by atoms with Crippen LogP contribution < -0.4 is 21.3 Å². The van der Waals surface area contributed by atoms with Crippen molar-refractivity contribution < 1.29 is 4.42 Å². The van der Waals surface area contributed by atoms with E-state index in [4.69, 9.17) is 21.0 Å². The molecule has 7 rings (SSSR count). The van der Waals surface area contributed by atoms with Gasteiger partial charge in [0.1, 0.15) is 11.6 Å². The molecular weight excluding hydrogens is 468 g/mol. The van der Waals surface area contributed by atoms with E-state index in [0.717, 1.165) is 56.1 Å². The number of H-pyrrole nitrogens is 1. The van der Waals surface area contributed by atoms with Crippen molar-refractivity contribution in [1.29, 1.82) is 0 Å². The minimum Gasteiger partial charge on any atom is -0.408 e. The molecule has 6 heterocycles. The fraction of sp³-hybridized carbons (Fsp3) is 0.333. The van der Waals surface area contributed by atoms with Crippen LogP contribution in [-0.4, -0.2) is 57.1 Å². The summed E-state index contributed by atoms with van der Waals surface area (Å²) in [4.78, 5) is 32.7. The molecule has 2 bridgehead atoms. The van der Waals surface area contributed by atoms with Gasteiger partial charge in [-0.3, -0.25) is 4.98 Å². The lowest BCUT2D eigenvalue weighted by molar-refractivity contribution is 0.250. The number of aromatic amines is 1. The highest BCUT2D eigenvalue weighted by Gasteiger charge is 2.30. The smallest absolute Gasteiger partial charge is 0.408 e. The topological polar surface area (TPSA) is 115 Å². The van der Waals surface area contributed by atoms with Gasteiger partial charge in [0.2, 0.25) is 5.95 Å². The predicted octanol–water partition coefficient (Wildman–Crippen LogP) is 4.04. The monoisotopic (exact) mass is 492 g/mol. The molecule has 0 atom stereocenters. The highest BCUT2D eigenvalue weighted by atomic mass is 35.5. The van der Waals surface area contributed by atoms with Crippen molar-refractivity contribution in [3.05, 3.63) is 57.8 Å². The molecule has 11 heteroatoms. The first kappa shape index (κ1) is 21.9. The van der Waals surface area contributed by atoms with Crippen molar-refractivity contribution in [3.63, 3.8) is 0 Å². The van der Waals surface area contributed by atoms with Crippen molar-refractivity contribution in [2.75, 3.05) is 41.7 Å². The van der Waals surface area contributed by atoms with Gasteiger partial charge < -0.3 is 24.9 Å². The number of nitrogens with zero attached hydrogens (tertiary/aromatic N) is 5. The third-order valence-corrected chi connectivity index (χ3v) is 6.94. The molecule has 0 unspecified atom stereocenters. The summed E-state index contributed by atoms with van der Waals surface area (Å²) in [6, 6.07) is 7.71. The summed E-state index contributed by atoms with van der Waals surface area (Å²) in [5.74, 6) is 1.41. The highest BCUT2D eigenvalue weighted by molar-refractivity contribution is 6.33. The van der Waals surface area contributed by atoms with Gasteiger partial charge in [0.05, 0.1) is 22.4 Å². The number of anilines is 5. The molecule has 3 aliphatic heterocycles. The minimum atomic E-state index is -0.485. The van der Waals surface area contributed by atoms with Gasteiger partial charge in [0.15, 0.2) is 5.58 Å². The summed E-state index contributed by atoms with van der Waals surface area (Å²) in [6.07, 6.45) is 5.81. The third-order valence-electron chi connectivity index (χ3n) is 6.66. The summed E-state index contributed by atoms with van der Waals surface area (Å²) < 4.78 is 5.06. The first-order valence-corrected chi connectivity index (χ1v) is 12.0. The number of pyridine rings is 1. The number of halogens is 1. The molecule has 180 valence electrons. The van der Waals surface area contributed by atoms with E-state index in [1.807, 2.05) is 19.1 Å². The average molecular weight is 493 g/mol. The zero-order valence-corrected chi connectivity index (χ0v) is 20.0. The fourth-order valence-corrected chi connectivity index (χ4v) is 5.07. The van der Waals surface area contributed by atoms with E-state index in [2.05, 4.69) is 35.4 Å². The molecule has 0 spiro atoms. The summed E-state index contributed by atoms with van der Waals surface area (Å²) in [6.45, 7) is 6.20. The van der Waals surface area contributed by atoms with Crippen molar-refractivity contribution in [1.82, 2.24) is 24.8 Å². The van der Waals surface area contributed by atoms with Gasteiger partial charge in [-0.2, -0.15) is 4.98 Å². The van der Waals surface area contributed by atoms with Crippen LogP contribution in [0.4, 0.5) is 29.0 Å². The second-order valence-electron chi connectivity index (χ2n) is 9.00. The third kappa shape index (κ3) is 4.42. The number of oxazole rings is 1. The van der Waals surface area contributed by atoms with E-state index in [1.54, 1.807) is 24.5 Å². The van der Waals surface area contributed by atoms with Crippen LogP contribution >= 0.6 is 11.6 Å². The van der Waals surface area contributed by atoms with Gasteiger partial charge in [-0.05, 0) is 44.0 Å². The molecule has 0 radical (unpaired) electrons. The molecule has 3 saturated heterocycles. The van der Waals surface area contributed by atoms with E-state index < -0.39 is 5.76 Å². The second-order valence-corrected chi connectivity index (χ2v) is 9.40. The average Bonchev–Trinajstić information content (AvgIpc) is 2.98. The van der Waals surface area contributed by atoms with Gasteiger partial charge in [-0.1, -0.05) is 11.6 Å². The Kier molecular flexibility index (Phi) is 5.54. The standard InChI is InChI=1S/C24H25ClN8O2/c1-14-12-27-23(31-21(14)28-15-2-3-20-19(11-15)30-24(34)35-20)29-16-10-18(25)22(26-13-16)33-9-8-32-6-4-17(33)5-7-32/h2-3,10-13,17H,4-9H2,1H3,(H,30,34)(H2,27,28,29,31). The maximum atomic E-state index is 11.4. The van der Waals surface area contributed by atoms with Crippen LogP contribution in [0.3, 0.4) is 0 Å². The second kappa shape index (κ2) is 8.86. The van der Waals surface area contributed by atoms with Crippen molar-refractivity contribution in [3.8, 4) is 0 Å². The first-order chi connectivity index (χ1) is 17.0. The molecule has 4 aromatic rings. The van der Waals surface area contributed by atoms with Crippen LogP contribution in [0.1, 0.15) is 18.4 Å². The van der Waals surface area contributed by atoms with Crippen molar-refractivity contribution in [2.45, 2.75) is 25.8 Å². The van der Waals surface area contributed by atoms with E-state index in [0.29, 0.717) is 39.6 Å². The Labute approximate surface area is 206 Å². The van der Waals surface area contributed by atoms with Crippen molar-refractivity contribution in [2.24, 2.45) is 0 Å². The molecule has 0 saturated carbocycles. The SMILES string of the molecule is Cc1cnc(Nc2cnc(N3CCN4CCC3CC4)c(Cl)c2)nc1Nc1ccc2oc(=O)[nH]c2c1. The lowest BCUT2D eigenvalue weighted by Crippen LogP contribution is -2.38. The maximum absolute atomic E-state index is 11.4. The van der Waals surface area contributed by atoms with Gasteiger partial charge in [0, 0.05) is 49.7 Å². The Hall–Kier alpha value is -3.63. The Balaban J connectivity index is 1.21. The number of benzene rings is 1. The Morgan fingerprint density at radius 1 is 1.06 bits per heavy atom. The van der Waals surface area contributed by atoms with Crippen LogP contribution in [0.5, 0.6) is 0 Å². The number of rotatable bonds is 5. The molecule has 3 aromatic heterocycles. The van der Waals surface area contributed by atoms with E-state index in [-0.39, 0.29) is 0 Å². The van der Waals surface area contributed by atoms with Gasteiger partial charge >= 0.3 is 5.76 Å². The maximum Gasteiger partial charge on any atom is 0.417 e. The van der Waals surface area contributed by atoms with Gasteiger partial charge in [0.25, 0.3) is 0 Å². The summed E-state index contributed by atoms with van der Waals surface area (Å²) in [7, 11) is 0. The molecule has 10 nitrogen and oxygen atoms in total. The molecular formula is C24H25ClN8O2. The summed E-state index contributed by atoms with van der Waals surface area (Å²) >= 11 is 6.69. The fourth-order valence-electron chi connectivity index (χ4n) is 4.80. The number of nitrogens with one attached hydrogen (secondary N) is 3. The van der Waals surface area contributed by atoms with Crippen LogP contribution in [0.15, 0.2) is 45.9 Å². The van der Waals surface area contributed by atoms with Crippen molar-refractivity contribution >= 4 is 51.7 Å². The zero-order valence-electron chi connectivity index (χ0n) is 19.2. The molecule has 3 aliphatic rings. The first-order valence-electron chi connectivity index (χ1n) is 11.7. The summed E-state index contributed by atoms with van der Waals surface area (Å²) in [5.41, 5.74) is 3.46. The van der Waals surface area contributed by atoms with E-state index >= 15 is 0 Å². The summed E-state index contributed by atoms with van der Waals surface area (Å²) in [5, 5.41) is 7.10.